The van der Waals surface area contributed by atoms with E-state index in [1.165, 1.54) is 18.4 Å². The van der Waals surface area contributed by atoms with Crippen molar-refractivity contribution in [2.45, 2.75) is 51.2 Å². The summed E-state index contributed by atoms with van der Waals surface area (Å²) < 4.78 is 0. The van der Waals surface area contributed by atoms with E-state index in [0.717, 1.165) is 19.6 Å². The first-order valence-corrected chi connectivity index (χ1v) is 8.19. The quantitative estimate of drug-likeness (QED) is 0.809. The molecule has 2 unspecified atom stereocenters. The third-order valence-electron chi connectivity index (χ3n) is 4.93. The van der Waals surface area contributed by atoms with Gasteiger partial charge in [-0.1, -0.05) is 44.2 Å². The monoisotopic (exact) mass is 290 g/mol. The molecule has 0 spiro atoms. The molecule has 1 saturated heterocycles. The van der Waals surface area contributed by atoms with Crippen molar-refractivity contribution in [3.05, 3.63) is 35.9 Å². The lowest BCUT2D eigenvalue weighted by Crippen LogP contribution is -2.47. The number of nitrogens with one attached hydrogen (secondary N) is 1. The molecule has 0 aromatic heterocycles. The summed E-state index contributed by atoms with van der Waals surface area (Å²) in [6.07, 6.45) is 2.27. The summed E-state index contributed by atoms with van der Waals surface area (Å²) >= 11 is 0. The van der Waals surface area contributed by atoms with Crippen LogP contribution in [0.15, 0.2) is 30.3 Å². The molecular weight excluding hydrogens is 260 g/mol. The largest absolute Gasteiger partial charge is 0.390 e. The Balaban J connectivity index is 1.81. The van der Waals surface area contributed by atoms with Crippen LogP contribution in [-0.4, -0.2) is 48.3 Å². The fraction of sp³-hybridized carbons (Fsp3) is 0.667. The first kappa shape index (κ1) is 16.5. The average Bonchev–Trinajstić information content (AvgIpc) is 2.98. The van der Waals surface area contributed by atoms with Gasteiger partial charge in [0.2, 0.25) is 0 Å². The van der Waals surface area contributed by atoms with Gasteiger partial charge in [-0.05, 0) is 38.4 Å². The summed E-state index contributed by atoms with van der Waals surface area (Å²) in [6.45, 7) is 10.5. The molecule has 3 heteroatoms. The Labute approximate surface area is 129 Å². The number of aliphatic hydroxyl groups is 1. The fourth-order valence-corrected chi connectivity index (χ4v) is 3.01. The van der Waals surface area contributed by atoms with Gasteiger partial charge in [-0.3, -0.25) is 0 Å². The second kappa shape index (κ2) is 7.39. The van der Waals surface area contributed by atoms with Gasteiger partial charge in [-0.15, -0.1) is 0 Å². The topological polar surface area (TPSA) is 35.5 Å². The summed E-state index contributed by atoms with van der Waals surface area (Å²) in [4.78, 5) is 2.36. The summed E-state index contributed by atoms with van der Waals surface area (Å²) in [5, 5.41) is 13.7. The summed E-state index contributed by atoms with van der Waals surface area (Å²) in [6, 6.07) is 10.9. The third-order valence-corrected chi connectivity index (χ3v) is 4.93. The van der Waals surface area contributed by atoms with E-state index in [9.17, 15) is 5.11 Å². The molecule has 0 aliphatic carbocycles. The number of benzene rings is 1. The van der Waals surface area contributed by atoms with Gasteiger partial charge in [-0.2, -0.15) is 0 Å². The summed E-state index contributed by atoms with van der Waals surface area (Å²) in [5.41, 5.74) is 1.38. The fourth-order valence-electron chi connectivity index (χ4n) is 3.01. The van der Waals surface area contributed by atoms with Gasteiger partial charge >= 0.3 is 0 Å². The number of hydrogen-bond donors (Lipinski definition) is 2. The summed E-state index contributed by atoms with van der Waals surface area (Å²) in [5.74, 6) is 0. The second-order valence-corrected chi connectivity index (χ2v) is 6.88. The molecule has 1 aliphatic rings. The van der Waals surface area contributed by atoms with Crippen LogP contribution in [0.3, 0.4) is 0 Å². The lowest BCUT2D eigenvalue weighted by Gasteiger charge is -2.34. The number of nitrogens with zero attached hydrogens (tertiary/aromatic N) is 1. The average molecular weight is 290 g/mol. The van der Waals surface area contributed by atoms with Crippen LogP contribution in [0.2, 0.25) is 0 Å². The molecule has 0 amide bonds. The maximum Gasteiger partial charge on any atom is 0.0791 e. The van der Waals surface area contributed by atoms with E-state index in [0.29, 0.717) is 12.6 Å². The van der Waals surface area contributed by atoms with Gasteiger partial charge in [-0.25, -0.2) is 0 Å². The van der Waals surface area contributed by atoms with Gasteiger partial charge in [0.1, 0.15) is 0 Å². The van der Waals surface area contributed by atoms with Gasteiger partial charge in [0.25, 0.3) is 0 Å². The van der Waals surface area contributed by atoms with Crippen molar-refractivity contribution in [1.29, 1.82) is 0 Å². The zero-order chi connectivity index (χ0) is 15.3. The number of β-amino-alcohol motifs (C(OH)–C–C–N with tert-alkyl or cyclic N) is 1. The second-order valence-electron chi connectivity index (χ2n) is 6.88. The molecule has 3 nitrogen and oxygen atoms in total. The molecule has 2 rings (SSSR count). The maximum absolute atomic E-state index is 10.2. The van der Waals surface area contributed by atoms with Gasteiger partial charge < -0.3 is 15.3 Å². The van der Waals surface area contributed by atoms with Crippen molar-refractivity contribution < 1.29 is 5.11 Å². The van der Waals surface area contributed by atoms with Gasteiger partial charge in [0, 0.05) is 24.5 Å². The van der Waals surface area contributed by atoms with Crippen LogP contribution in [0.4, 0.5) is 0 Å². The molecule has 2 N–H and O–H groups in total. The molecule has 1 heterocycles. The minimum atomic E-state index is -0.280. The zero-order valence-electron chi connectivity index (χ0n) is 13.7. The van der Waals surface area contributed by atoms with Crippen LogP contribution in [0.25, 0.3) is 0 Å². The Kier molecular flexibility index (Phi) is 5.80. The van der Waals surface area contributed by atoms with E-state index in [4.69, 9.17) is 0 Å². The lowest BCUT2D eigenvalue weighted by atomic mass is 9.78. The van der Waals surface area contributed by atoms with Crippen LogP contribution >= 0.6 is 0 Å². The molecular formula is C18H30N2O. The number of rotatable bonds is 7. The first-order chi connectivity index (χ1) is 10.00. The Bertz CT molecular complexity index is 412. The molecule has 21 heavy (non-hydrogen) atoms. The van der Waals surface area contributed by atoms with E-state index in [1.54, 1.807) is 0 Å². The summed E-state index contributed by atoms with van der Waals surface area (Å²) in [7, 11) is 0. The standard InChI is InChI=1S/C18H30N2O/c1-15(18(2,3)16-9-5-4-6-10-16)19-13-17(21)14-20-11-7-8-12-20/h4-6,9-10,15,17,19,21H,7-8,11-14H2,1-3H3. The number of hydrogen-bond acceptors (Lipinski definition) is 3. The molecule has 0 saturated carbocycles. The Hall–Kier alpha value is -0.900. The highest BCUT2D eigenvalue weighted by molar-refractivity contribution is 5.25. The predicted molar refractivity (Wildman–Crippen MR) is 88.6 cm³/mol. The molecule has 2 atom stereocenters. The van der Waals surface area contributed by atoms with Gasteiger partial charge in [0.15, 0.2) is 0 Å². The van der Waals surface area contributed by atoms with Crippen LogP contribution in [-0.2, 0) is 5.41 Å². The van der Waals surface area contributed by atoms with Crippen LogP contribution in [0, 0.1) is 0 Å². The molecule has 1 aromatic carbocycles. The van der Waals surface area contributed by atoms with E-state index < -0.39 is 0 Å². The Morgan fingerprint density at radius 3 is 2.43 bits per heavy atom. The highest BCUT2D eigenvalue weighted by Crippen LogP contribution is 2.26. The van der Waals surface area contributed by atoms with E-state index in [-0.39, 0.29) is 11.5 Å². The highest BCUT2D eigenvalue weighted by Gasteiger charge is 2.28. The van der Waals surface area contributed by atoms with E-state index in [1.807, 2.05) is 0 Å². The minimum Gasteiger partial charge on any atom is -0.390 e. The smallest absolute Gasteiger partial charge is 0.0791 e. The van der Waals surface area contributed by atoms with Crippen molar-refractivity contribution in [2.24, 2.45) is 0 Å². The van der Waals surface area contributed by atoms with Crippen molar-refractivity contribution in [2.75, 3.05) is 26.2 Å². The van der Waals surface area contributed by atoms with Crippen molar-refractivity contribution in [3.63, 3.8) is 0 Å². The van der Waals surface area contributed by atoms with E-state index >= 15 is 0 Å². The van der Waals surface area contributed by atoms with Crippen LogP contribution < -0.4 is 5.32 Å². The zero-order valence-corrected chi connectivity index (χ0v) is 13.7. The Morgan fingerprint density at radius 1 is 1.19 bits per heavy atom. The highest BCUT2D eigenvalue weighted by atomic mass is 16.3. The maximum atomic E-state index is 10.2. The predicted octanol–water partition coefficient (Wildman–Crippen LogP) is 2.40. The first-order valence-electron chi connectivity index (χ1n) is 8.19. The normalized spacial score (nSPS) is 19.6. The molecule has 1 fully saturated rings. The minimum absolute atomic E-state index is 0.0502. The number of aliphatic hydroxyl groups excluding tert-OH is 1. The van der Waals surface area contributed by atoms with E-state index in [2.05, 4.69) is 61.3 Å². The molecule has 0 radical (unpaired) electrons. The Morgan fingerprint density at radius 2 is 1.81 bits per heavy atom. The molecule has 1 aliphatic heterocycles. The van der Waals surface area contributed by atoms with Gasteiger partial charge in [0.05, 0.1) is 6.10 Å². The third kappa shape index (κ3) is 4.53. The van der Waals surface area contributed by atoms with Crippen molar-refractivity contribution in [3.8, 4) is 0 Å². The van der Waals surface area contributed by atoms with Crippen molar-refractivity contribution >= 4 is 0 Å². The van der Waals surface area contributed by atoms with Crippen LogP contribution in [0.5, 0.6) is 0 Å². The van der Waals surface area contributed by atoms with Crippen LogP contribution in [0.1, 0.15) is 39.2 Å². The van der Waals surface area contributed by atoms with Crippen molar-refractivity contribution in [1.82, 2.24) is 10.2 Å². The lowest BCUT2D eigenvalue weighted by molar-refractivity contribution is 0.117. The SMILES string of the molecule is CC(NCC(O)CN1CCCC1)C(C)(C)c1ccccc1. The molecule has 1 aromatic rings. The molecule has 0 bridgehead atoms. The molecule has 118 valence electrons. The number of likely N-dealkylation sites (tertiary alicyclic amines) is 1.